The molecule has 0 bridgehead atoms. The fraction of sp³-hybridized carbons (Fsp3) is 0.500. The Morgan fingerprint density at radius 3 is 2.55 bits per heavy atom. The number of nitrogens with zero attached hydrogens (tertiary/aromatic N) is 1. The second-order valence-electron chi connectivity index (χ2n) is 1.48. The SMILES string of the molecule is CCOC(=O)C(=O)CC#N.[H-].[Na+]. The van der Waals surface area contributed by atoms with E-state index < -0.39 is 18.2 Å². The van der Waals surface area contributed by atoms with Gasteiger partial charge in [-0.25, -0.2) is 4.79 Å². The summed E-state index contributed by atoms with van der Waals surface area (Å²) in [6, 6.07) is 1.56. The third-order valence-electron chi connectivity index (χ3n) is 0.743. The number of Topliss-reactive ketones (excluding diaryl/α,β-unsaturated/α-hetero) is 1. The Labute approximate surface area is 88.3 Å². The van der Waals surface area contributed by atoms with Crippen LogP contribution in [0.4, 0.5) is 0 Å². The first kappa shape index (κ1) is 13.2. The molecule has 0 atom stereocenters. The summed E-state index contributed by atoms with van der Waals surface area (Å²) in [6.45, 7) is 1.76. The van der Waals surface area contributed by atoms with Gasteiger partial charge in [-0.2, -0.15) is 5.26 Å². The standard InChI is InChI=1S/C6H7NO3.Na.H/c1-2-10-6(9)5(8)3-4-7;;/h2-3H2,1H3;;/q;+1;-1. The summed E-state index contributed by atoms with van der Waals surface area (Å²) >= 11 is 0. The summed E-state index contributed by atoms with van der Waals surface area (Å²) in [5.74, 6) is -1.71. The molecule has 56 valence electrons. The number of rotatable bonds is 3. The Hall–Kier alpha value is -0.370. The zero-order valence-corrected chi connectivity index (χ0v) is 8.59. The van der Waals surface area contributed by atoms with Gasteiger partial charge in [0.25, 0.3) is 5.78 Å². The van der Waals surface area contributed by atoms with Crippen LogP contribution in [0.1, 0.15) is 14.8 Å². The van der Waals surface area contributed by atoms with E-state index in [2.05, 4.69) is 4.74 Å². The van der Waals surface area contributed by atoms with Crippen LogP contribution in [0.15, 0.2) is 0 Å². The maximum absolute atomic E-state index is 10.4. The fourth-order valence-electron chi connectivity index (χ4n) is 0.356. The summed E-state index contributed by atoms with van der Waals surface area (Å²) in [6.07, 6.45) is -0.404. The Bertz CT molecular complexity index is 190. The molecule has 0 aliphatic rings. The van der Waals surface area contributed by atoms with Crippen molar-refractivity contribution >= 4 is 11.8 Å². The van der Waals surface area contributed by atoms with Crippen molar-refractivity contribution in [1.29, 1.82) is 5.26 Å². The van der Waals surface area contributed by atoms with Gasteiger partial charge in [0.15, 0.2) is 0 Å². The molecule has 0 unspecified atom stereocenters. The van der Waals surface area contributed by atoms with E-state index in [1.54, 1.807) is 13.0 Å². The van der Waals surface area contributed by atoms with Gasteiger partial charge in [0.05, 0.1) is 12.7 Å². The van der Waals surface area contributed by atoms with Gasteiger partial charge in [0, 0.05) is 0 Å². The van der Waals surface area contributed by atoms with Crippen molar-refractivity contribution in [3.63, 3.8) is 0 Å². The Balaban J connectivity index is -0.000000405. The normalized spacial score (nSPS) is 7.27. The van der Waals surface area contributed by atoms with Crippen LogP contribution in [0.5, 0.6) is 0 Å². The van der Waals surface area contributed by atoms with Crippen LogP contribution in [0.25, 0.3) is 0 Å². The number of esters is 1. The number of ether oxygens (including phenoxy) is 1. The predicted octanol–water partition coefficient (Wildman–Crippen LogP) is -2.85. The molecule has 0 aromatic heterocycles. The van der Waals surface area contributed by atoms with Gasteiger partial charge in [0.1, 0.15) is 6.42 Å². The Morgan fingerprint density at radius 2 is 2.18 bits per heavy atom. The van der Waals surface area contributed by atoms with Crippen LogP contribution in [0.3, 0.4) is 0 Å². The van der Waals surface area contributed by atoms with Crippen LogP contribution >= 0.6 is 0 Å². The molecule has 0 rings (SSSR count). The third-order valence-corrected chi connectivity index (χ3v) is 0.743. The minimum Gasteiger partial charge on any atom is -1.00 e. The molecule has 5 heteroatoms. The quantitative estimate of drug-likeness (QED) is 0.256. The zero-order chi connectivity index (χ0) is 7.98. The number of hydrogen-bond donors (Lipinski definition) is 0. The molecule has 0 saturated carbocycles. The minimum atomic E-state index is -0.927. The fourth-order valence-corrected chi connectivity index (χ4v) is 0.356. The monoisotopic (exact) mass is 165 g/mol. The van der Waals surface area contributed by atoms with E-state index >= 15 is 0 Å². The van der Waals surface area contributed by atoms with E-state index in [9.17, 15) is 9.59 Å². The second-order valence-corrected chi connectivity index (χ2v) is 1.48. The Kier molecular flexibility index (Phi) is 9.31. The minimum absolute atomic E-state index is 0. The van der Waals surface area contributed by atoms with Gasteiger partial charge in [-0.1, -0.05) is 0 Å². The van der Waals surface area contributed by atoms with Crippen LogP contribution in [-0.4, -0.2) is 18.4 Å². The van der Waals surface area contributed by atoms with Gasteiger partial charge in [0.2, 0.25) is 0 Å². The number of nitriles is 1. The molecule has 0 N–H and O–H groups in total. The molecule has 0 aromatic rings. The average Bonchev–Trinajstić information content (AvgIpc) is 1.89. The third kappa shape index (κ3) is 6.05. The van der Waals surface area contributed by atoms with Gasteiger partial charge >= 0.3 is 35.5 Å². The molecule has 0 radical (unpaired) electrons. The van der Waals surface area contributed by atoms with Crippen molar-refractivity contribution in [3.05, 3.63) is 0 Å². The van der Waals surface area contributed by atoms with Gasteiger partial charge in [-0.3, -0.25) is 4.79 Å². The summed E-state index contributed by atoms with van der Waals surface area (Å²) in [5.41, 5.74) is 0. The van der Waals surface area contributed by atoms with Crippen molar-refractivity contribution in [2.45, 2.75) is 13.3 Å². The molecule has 0 saturated heterocycles. The zero-order valence-electron chi connectivity index (χ0n) is 7.59. The van der Waals surface area contributed by atoms with Crippen molar-refractivity contribution in [2.24, 2.45) is 0 Å². The van der Waals surface area contributed by atoms with Crippen LogP contribution in [0, 0.1) is 11.3 Å². The molecule has 0 heterocycles. The van der Waals surface area contributed by atoms with E-state index in [1.165, 1.54) is 0 Å². The molecule has 0 amide bonds. The summed E-state index contributed by atoms with van der Waals surface area (Å²) < 4.78 is 4.32. The predicted molar refractivity (Wildman–Crippen MR) is 33.0 cm³/mol. The second kappa shape index (κ2) is 7.73. The number of carbonyl (C=O) groups excluding carboxylic acids is 2. The smallest absolute Gasteiger partial charge is 1.00 e. The number of carbonyl (C=O) groups is 2. The molecule has 0 aliphatic carbocycles. The molecule has 11 heavy (non-hydrogen) atoms. The first-order valence-electron chi connectivity index (χ1n) is 2.79. The molecule has 4 nitrogen and oxygen atoms in total. The van der Waals surface area contributed by atoms with Crippen LogP contribution < -0.4 is 29.6 Å². The van der Waals surface area contributed by atoms with E-state index in [0.29, 0.717) is 0 Å². The van der Waals surface area contributed by atoms with Crippen LogP contribution in [0.2, 0.25) is 0 Å². The van der Waals surface area contributed by atoms with Crippen LogP contribution in [-0.2, 0) is 14.3 Å². The molecular weight excluding hydrogens is 157 g/mol. The molecule has 0 aromatic carbocycles. The molecule has 0 aliphatic heterocycles. The first-order chi connectivity index (χ1) is 4.72. The first-order valence-corrected chi connectivity index (χ1v) is 2.79. The number of hydrogen-bond acceptors (Lipinski definition) is 4. The van der Waals surface area contributed by atoms with Gasteiger partial charge in [-0.05, 0) is 6.92 Å². The number of ketones is 1. The molecular formula is C6H8NNaO3. The van der Waals surface area contributed by atoms with Crippen molar-refractivity contribution < 1.29 is 45.3 Å². The summed E-state index contributed by atoms with van der Waals surface area (Å²) in [5, 5.41) is 7.98. The van der Waals surface area contributed by atoms with Gasteiger partial charge in [-0.15, -0.1) is 0 Å². The van der Waals surface area contributed by atoms with E-state index in [0.717, 1.165) is 0 Å². The Morgan fingerprint density at radius 1 is 1.64 bits per heavy atom. The van der Waals surface area contributed by atoms with E-state index in [-0.39, 0.29) is 37.6 Å². The molecule has 0 fully saturated rings. The maximum Gasteiger partial charge on any atom is 1.00 e. The van der Waals surface area contributed by atoms with Crippen molar-refractivity contribution in [1.82, 2.24) is 0 Å². The van der Waals surface area contributed by atoms with Crippen molar-refractivity contribution in [2.75, 3.05) is 6.61 Å². The maximum atomic E-state index is 10.4. The average molecular weight is 165 g/mol. The van der Waals surface area contributed by atoms with E-state index in [1.807, 2.05) is 0 Å². The molecule has 0 spiro atoms. The summed E-state index contributed by atoms with van der Waals surface area (Å²) in [4.78, 5) is 20.8. The van der Waals surface area contributed by atoms with Crippen molar-refractivity contribution in [3.8, 4) is 6.07 Å². The van der Waals surface area contributed by atoms with E-state index in [4.69, 9.17) is 5.26 Å². The van der Waals surface area contributed by atoms with Gasteiger partial charge < -0.3 is 6.16 Å². The topological polar surface area (TPSA) is 67.2 Å². The summed E-state index contributed by atoms with van der Waals surface area (Å²) in [7, 11) is 0. The largest absolute Gasteiger partial charge is 1.00 e.